The van der Waals surface area contributed by atoms with Crippen molar-refractivity contribution in [3.63, 3.8) is 0 Å². The van der Waals surface area contributed by atoms with Crippen LogP contribution in [0.5, 0.6) is 0 Å². The highest BCUT2D eigenvalue weighted by molar-refractivity contribution is 6.08. The molecule has 1 fully saturated rings. The summed E-state index contributed by atoms with van der Waals surface area (Å²) in [6.45, 7) is 0.707. The molecule has 0 radical (unpaired) electrons. The van der Waals surface area contributed by atoms with Crippen LogP contribution in [-0.4, -0.2) is 18.4 Å². The molecule has 6 heteroatoms. The Labute approximate surface area is 145 Å². The summed E-state index contributed by atoms with van der Waals surface area (Å²) in [6.07, 6.45) is 1.24. The summed E-state index contributed by atoms with van der Waals surface area (Å²) < 4.78 is 12.8. The molecule has 25 heavy (non-hydrogen) atoms. The van der Waals surface area contributed by atoms with Gasteiger partial charge < -0.3 is 4.90 Å². The van der Waals surface area contributed by atoms with E-state index >= 15 is 0 Å². The maximum atomic E-state index is 12.8. The van der Waals surface area contributed by atoms with Gasteiger partial charge in [-0.05, 0) is 42.7 Å². The minimum atomic E-state index is -0.762. The Bertz CT molecular complexity index is 734. The molecule has 2 aromatic rings. The quantitative estimate of drug-likeness (QED) is 0.671. The highest BCUT2D eigenvalue weighted by Crippen LogP contribution is 2.24. The van der Waals surface area contributed by atoms with E-state index in [1.54, 1.807) is 17.0 Å². The van der Waals surface area contributed by atoms with Crippen LogP contribution in [0.25, 0.3) is 0 Å². The highest BCUT2D eigenvalue weighted by Gasteiger charge is 2.34. The van der Waals surface area contributed by atoms with Crippen LogP contribution in [-0.2, 0) is 21.0 Å². The fourth-order valence-corrected chi connectivity index (χ4v) is 2.83. The number of piperidine rings is 1. The Morgan fingerprint density at radius 1 is 1.16 bits per heavy atom. The molecule has 2 amide bonds. The summed E-state index contributed by atoms with van der Waals surface area (Å²) in [5.74, 6) is -1.77. The first-order valence-corrected chi connectivity index (χ1v) is 8.17. The normalized spacial score (nSPS) is 17.4. The van der Waals surface area contributed by atoms with E-state index in [0.29, 0.717) is 13.0 Å². The number of benzene rings is 2. The van der Waals surface area contributed by atoms with Crippen molar-refractivity contribution in [1.82, 2.24) is 5.48 Å². The van der Waals surface area contributed by atoms with Crippen LogP contribution in [0.3, 0.4) is 0 Å². The maximum Gasteiger partial charge on any atom is 0.256 e. The van der Waals surface area contributed by atoms with E-state index in [2.05, 4.69) is 5.48 Å². The first kappa shape index (κ1) is 17.1. The second kappa shape index (κ2) is 7.90. The molecule has 1 unspecified atom stereocenters. The molecule has 1 aliphatic rings. The number of hydrogen-bond acceptors (Lipinski definition) is 3. The van der Waals surface area contributed by atoms with E-state index in [-0.39, 0.29) is 18.3 Å². The molecule has 1 heterocycles. The van der Waals surface area contributed by atoms with Gasteiger partial charge in [-0.15, -0.1) is 0 Å². The minimum absolute atomic E-state index is 0.106. The van der Waals surface area contributed by atoms with Gasteiger partial charge in [-0.3, -0.25) is 14.4 Å². The number of nitrogens with one attached hydrogen (secondary N) is 1. The Balaban J connectivity index is 1.56. The van der Waals surface area contributed by atoms with Gasteiger partial charge >= 0.3 is 0 Å². The van der Waals surface area contributed by atoms with Crippen molar-refractivity contribution in [2.45, 2.75) is 19.4 Å². The van der Waals surface area contributed by atoms with Crippen LogP contribution in [0.4, 0.5) is 10.1 Å². The minimum Gasteiger partial charge on any atom is -0.312 e. The Morgan fingerprint density at radius 2 is 1.88 bits per heavy atom. The standard InChI is InChI=1S/C19H19FN2O3/c20-15-10-8-14(9-11-15)13-25-21-18(23)17-7-4-12-22(19(17)24)16-5-2-1-3-6-16/h1-3,5-6,8-11,17H,4,7,12-13H2,(H,21,23). The molecular weight excluding hydrogens is 323 g/mol. The number of halogens is 1. The van der Waals surface area contributed by atoms with E-state index in [0.717, 1.165) is 17.7 Å². The molecular formula is C19H19FN2O3. The van der Waals surface area contributed by atoms with E-state index in [9.17, 15) is 14.0 Å². The van der Waals surface area contributed by atoms with Crippen molar-refractivity contribution in [1.29, 1.82) is 0 Å². The number of hydroxylamine groups is 1. The van der Waals surface area contributed by atoms with E-state index < -0.39 is 11.8 Å². The lowest BCUT2D eigenvalue weighted by Crippen LogP contribution is -2.47. The molecule has 2 aromatic carbocycles. The topological polar surface area (TPSA) is 58.6 Å². The van der Waals surface area contributed by atoms with Crippen molar-refractivity contribution in [2.24, 2.45) is 5.92 Å². The smallest absolute Gasteiger partial charge is 0.256 e. The Morgan fingerprint density at radius 3 is 2.60 bits per heavy atom. The fraction of sp³-hybridized carbons (Fsp3) is 0.263. The second-order valence-corrected chi connectivity index (χ2v) is 5.90. The van der Waals surface area contributed by atoms with Gasteiger partial charge in [0.25, 0.3) is 5.91 Å². The molecule has 1 saturated heterocycles. The second-order valence-electron chi connectivity index (χ2n) is 5.90. The summed E-state index contributed by atoms with van der Waals surface area (Å²) in [5.41, 5.74) is 3.85. The molecule has 0 bridgehead atoms. The number of rotatable bonds is 5. The van der Waals surface area contributed by atoms with Gasteiger partial charge in [0, 0.05) is 12.2 Å². The van der Waals surface area contributed by atoms with Gasteiger partial charge in [-0.25, -0.2) is 9.87 Å². The molecule has 0 aromatic heterocycles. The van der Waals surface area contributed by atoms with E-state index in [4.69, 9.17) is 4.84 Å². The first-order valence-electron chi connectivity index (χ1n) is 8.17. The van der Waals surface area contributed by atoms with Crippen molar-refractivity contribution in [3.8, 4) is 0 Å². The molecule has 130 valence electrons. The monoisotopic (exact) mass is 342 g/mol. The van der Waals surface area contributed by atoms with E-state index in [1.807, 2.05) is 30.3 Å². The van der Waals surface area contributed by atoms with Crippen LogP contribution in [0.2, 0.25) is 0 Å². The zero-order valence-electron chi connectivity index (χ0n) is 13.7. The molecule has 1 atom stereocenters. The Hall–Kier alpha value is -2.73. The highest BCUT2D eigenvalue weighted by atomic mass is 19.1. The summed E-state index contributed by atoms with van der Waals surface area (Å²) in [4.78, 5) is 31.7. The number of carbonyl (C=O) groups excluding carboxylic acids is 2. The predicted molar refractivity (Wildman–Crippen MR) is 90.9 cm³/mol. The van der Waals surface area contributed by atoms with Crippen molar-refractivity contribution in [3.05, 3.63) is 66.0 Å². The third kappa shape index (κ3) is 4.22. The van der Waals surface area contributed by atoms with Gasteiger partial charge in [0.15, 0.2) is 0 Å². The zero-order chi connectivity index (χ0) is 17.6. The number of anilines is 1. The van der Waals surface area contributed by atoms with Crippen molar-refractivity contribution >= 4 is 17.5 Å². The van der Waals surface area contributed by atoms with Crippen molar-refractivity contribution < 1.29 is 18.8 Å². The number of carbonyl (C=O) groups is 2. The molecule has 0 spiro atoms. The third-order valence-electron chi connectivity index (χ3n) is 4.15. The molecule has 0 saturated carbocycles. The van der Waals surface area contributed by atoms with E-state index in [1.165, 1.54) is 12.1 Å². The van der Waals surface area contributed by atoms with Crippen LogP contribution in [0.15, 0.2) is 54.6 Å². The maximum absolute atomic E-state index is 12.8. The van der Waals surface area contributed by atoms with Crippen LogP contribution in [0.1, 0.15) is 18.4 Å². The summed E-state index contributed by atoms with van der Waals surface area (Å²) in [7, 11) is 0. The molecule has 0 aliphatic carbocycles. The average molecular weight is 342 g/mol. The first-order chi connectivity index (χ1) is 12.1. The van der Waals surface area contributed by atoms with Crippen LogP contribution < -0.4 is 10.4 Å². The zero-order valence-corrected chi connectivity index (χ0v) is 13.7. The summed E-state index contributed by atoms with van der Waals surface area (Å²) in [5, 5.41) is 0. The number of amides is 2. The largest absolute Gasteiger partial charge is 0.312 e. The van der Waals surface area contributed by atoms with Crippen molar-refractivity contribution in [2.75, 3.05) is 11.4 Å². The third-order valence-corrected chi connectivity index (χ3v) is 4.15. The number of nitrogens with zero attached hydrogens (tertiary/aromatic N) is 1. The van der Waals surface area contributed by atoms with Gasteiger partial charge in [0.1, 0.15) is 11.7 Å². The van der Waals surface area contributed by atoms with Gasteiger partial charge in [-0.2, -0.15) is 0 Å². The Kier molecular flexibility index (Phi) is 5.40. The number of hydrogen-bond donors (Lipinski definition) is 1. The molecule has 1 aliphatic heterocycles. The summed E-state index contributed by atoms with van der Waals surface area (Å²) >= 11 is 0. The lowest BCUT2D eigenvalue weighted by Gasteiger charge is -2.31. The molecule has 3 rings (SSSR count). The molecule has 5 nitrogen and oxygen atoms in total. The lowest BCUT2D eigenvalue weighted by molar-refractivity contribution is -0.144. The van der Waals surface area contributed by atoms with Crippen LogP contribution in [0, 0.1) is 11.7 Å². The summed E-state index contributed by atoms with van der Waals surface area (Å²) in [6, 6.07) is 15.1. The molecule has 1 N–H and O–H groups in total. The fourth-order valence-electron chi connectivity index (χ4n) is 2.83. The van der Waals surface area contributed by atoms with Crippen LogP contribution >= 0.6 is 0 Å². The van der Waals surface area contributed by atoms with Gasteiger partial charge in [-0.1, -0.05) is 30.3 Å². The lowest BCUT2D eigenvalue weighted by atomic mass is 9.96. The SMILES string of the molecule is O=C(NOCc1ccc(F)cc1)C1CCCN(c2ccccc2)C1=O. The van der Waals surface area contributed by atoms with Gasteiger partial charge in [0.2, 0.25) is 5.91 Å². The number of para-hydroxylation sites is 1. The predicted octanol–water partition coefficient (Wildman–Crippen LogP) is 2.82. The van der Waals surface area contributed by atoms with Gasteiger partial charge in [0.05, 0.1) is 6.61 Å². The average Bonchev–Trinajstić information content (AvgIpc) is 2.64.